The van der Waals surface area contributed by atoms with Crippen molar-refractivity contribution in [2.75, 3.05) is 0 Å². The van der Waals surface area contributed by atoms with E-state index in [0.29, 0.717) is 0 Å². The number of nitrogens with one attached hydrogen (secondary N) is 1. The molecule has 0 bridgehead atoms. The first-order chi connectivity index (χ1) is 8.49. The Balaban J connectivity index is 2.65. The highest BCUT2D eigenvalue weighted by molar-refractivity contribution is 6.08. The third kappa shape index (κ3) is 1.38. The van der Waals surface area contributed by atoms with Crippen LogP contribution in [0, 0.1) is 34.6 Å². The van der Waals surface area contributed by atoms with Gasteiger partial charge in [0.1, 0.15) is 0 Å². The monoisotopic (exact) mass is 238 g/mol. The van der Waals surface area contributed by atoms with Crippen molar-refractivity contribution < 1.29 is 0 Å². The van der Waals surface area contributed by atoms with Crippen LogP contribution in [0.2, 0.25) is 0 Å². The molecule has 92 valence electrons. The number of fused-ring (bicyclic) bond motifs is 3. The van der Waals surface area contributed by atoms with Gasteiger partial charge in [-0.15, -0.1) is 0 Å². The number of hydrogen-bond acceptors (Lipinski definition) is 1. The molecule has 2 aromatic heterocycles. The number of pyridine rings is 1. The van der Waals surface area contributed by atoms with Crippen molar-refractivity contribution in [2.45, 2.75) is 34.6 Å². The first-order valence-corrected chi connectivity index (χ1v) is 6.35. The summed E-state index contributed by atoms with van der Waals surface area (Å²) >= 11 is 0. The molecule has 3 rings (SSSR count). The predicted octanol–water partition coefficient (Wildman–Crippen LogP) is 4.26. The van der Waals surface area contributed by atoms with Gasteiger partial charge < -0.3 is 4.98 Å². The van der Waals surface area contributed by atoms with Crippen molar-refractivity contribution in [2.24, 2.45) is 0 Å². The molecule has 0 radical (unpaired) electrons. The zero-order valence-electron chi connectivity index (χ0n) is 11.6. The van der Waals surface area contributed by atoms with Gasteiger partial charge in [-0.2, -0.15) is 0 Å². The molecule has 0 atom stereocenters. The lowest BCUT2D eigenvalue weighted by atomic mass is 10.0. The Labute approximate surface area is 107 Å². The molecule has 1 N–H and O–H groups in total. The second kappa shape index (κ2) is 3.58. The third-order valence-corrected chi connectivity index (χ3v) is 3.87. The minimum absolute atomic E-state index is 1.14. The van der Waals surface area contributed by atoms with Gasteiger partial charge in [-0.1, -0.05) is 0 Å². The fourth-order valence-electron chi connectivity index (χ4n) is 2.83. The fourth-order valence-corrected chi connectivity index (χ4v) is 2.83. The number of aromatic nitrogens is 2. The van der Waals surface area contributed by atoms with Crippen LogP contribution in [0.1, 0.15) is 28.1 Å². The lowest BCUT2D eigenvalue weighted by molar-refractivity contribution is 1.22. The van der Waals surface area contributed by atoms with E-state index in [0.717, 1.165) is 11.2 Å². The van der Waals surface area contributed by atoms with Gasteiger partial charge in [0.2, 0.25) is 0 Å². The van der Waals surface area contributed by atoms with E-state index in [-0.39, 0.29) is 0 Å². The number of benzene rings is 1. The molecule has 0 aliphatic rings. The van der Waals surface area contributed by atoms with Crippen molar-refractivity contribution >= 4 is 21.8 Å². The Morgan fingerprint density at radius 3 is 2.39 bits per heavy atom. The summed E-state index contributed by atoms with van der Waals surface area (Å²) in [5, 5.41) is 2.56. The molecule has 1 aromatic carbocycles. The Hall–Kier alpha value is -1.83. The van der Waals surface area contributed by atoms with Crippen LogP contribution in [0.4, 0.5) is 0 Å². The highest BCUT2D eigenvalue weighted by atomic mass is 14.7. The van der Waals surface area contributed by atoms with E-state index in [1.807, 2.05) is 0 Å². The van der Waals surface area contributed by atoms with Crippen LogP contribution in [-0.2, 0) is 0 Å². The van der Waals surface area contributed by atoms with E-state index >= 15 is 0 Å². The van der Waals surface area contributed by atoms with Gasteiger partial charge in [-0.3, -0.25) is 4.98 Å². The van der Waals surface area contributed by atoms with Crippen LogP contribution < -0.4 is 0 Å². The summed E-state index contributed by atoms with van der Waals surface area (Å²) in [5.41, 5.74) is 8.58. The Bertz CT molecular complexity index is 779. The molecule has 0 fully saturated rings. The first kappa shape index (κ1) is 11.3. The van der Waals surface area contributed by atoms with Crippen molar-refractivity contribution in [3.63, 3.8) is 0 Å². The third-order valence-electron chi connectivity index (χ3n) is 3.87. The minimum atomic E-state index is 1.14. The van der Waals surface area contributed by atoms with Crippen LogP contribution >= 0.6 is 0 Å². The van der Waals surface area contributed by atoms with Gasteiger partial charge in [0.25, 0.3) is 0 Å². The average molecular weight is 238 g/mol. The first-order valence-electron chi connectivity index (χ1n) is 6.35. The van der Waals surface area contributed by atoms with Crippen LogP contribution in [0.3, 0.4) is 0 Å². The van der Waals surface area contributed by atoms with Gasteiger partial charge in [-0.25, -0.2) is 0 Å². The quantitative estimate of drug-likeness (QED) is 0.623. The van der Waals surface area contributed by atoms with Gasteiger partial charge in [0.05, 0.1) is 11.0 Å². The molecule has 3 aromatic rings. The number of hydrogen-bond donors (Lipinski definition) is 1. The molecule has 2 heterocycles. The maximum Gasteiger partial charge on any atom is 0.0804 e. The number of aromatic amines is 1. The number of H-pyrrole nitrogens is 1. The van der Waals surface area contributed by atoms with E-state index in [9.17, 15) is 0 Å². The summed E-state index contributed by atoms with van der Waals surface area (Å²) in [7, 11) is 0. The number of aryl methyl sites for hydroxylation is 5. The number of rotatable bonds is 0. The largest absolute Gasteiger partial charge is 0.358 e. The lowest BCUT2D eigenvalue weighted by Gasteiger charge is -2.09. The summed E-state index contributed by atoms with van der Waals surface area (Å²) in [6, 6.07) is 4.45. The van der Waals surface area contributed by atoms with Crippen molar-refractivity contribution in [1.82, 2.24) is 9.97 Å². The maximum atomic E-state index is 4.75. The molecule has 0 aliphatic carbocycles. The van der Waals surface area contributed by atoms with E-state index in [1.165, 1.54) is 38.7 Å². The Kier molecular flexibility index (Phi) is 2.24. The fraction of sp³-hybridized carbons (Fsp3) is 0.312. The van der Waals surface area contributed by atoms with Crippen molar-refractivity contribution in [3.05, 3.63) is 40.2 Å². The molecular formula is C16H18N2. The highest BCUT2D eigenvalue weighted by Crippen LogP contribution is 2.32. The van der Waals surface area contributed by atoms with E-state index in [1.54, 1.807) is 0 Å². The second-order valence-electron chi connectivity index (χ2n) is 5.30. The normalized spacial score (nSPS) is 11.6. The van der Waals surface area contributed by atoms with Crippen LogP contribution in [0.25, 0.3) is 21.8 Å². The molecule has 0 unspecified atom stereocenters. The summed E-state index contributed by atoms with van der Waals surface area (Å²) in [5.74, 6) is 0. The van der Waals surface area contributed by atoms with Crippen molar-refractivity contribution in [3.8, 4) is 0 Å². The lowest BCUT2D eigenvalue weighted by Crippen LogP contribution is -1.91. The molecule has 0 amide bonds. The Morgan fingerprint density at radius 1 is 0.944 bits per heavy atom. The predicted molar refractivity (Wildman–Crippen MR) is 77.3 cm³/mol. The second-order valence-corrected chi connectivity index (χ2v) is 5.30. The maximum absolute atomic E-state index is 4.75. The zero-order chi connectivity index (χ0) is 13.0. The van der Waals surface area contributed by atoms with Gasteiger partial charge >= 0.3 is 0 Å². The standard InChI is InChI=1S/C16H18N2/c1-8-6-10(3)17-15-9(2)7-13-11(4)12(5)18-16(13)14(8)15/h6-7,17H,1-5H3. The summed E-state index contributed by atoms with van der Waals surface area (Å²) in [6.07, 6.45) is 0. The molecule has 2 heteroatoms. The smallest absolute Gasteiger partial charge is 0.0804 e. The summed E-state index contributed by atoms with van der Waals surface area (Å²) in [6.45, 7) is 10.7. The molecule has 0 saturated carbocycles. The van der Waals surface area contributed by atoms with Crippen LogP contribution in [0.15, 0.2) is 12.1 Å². The molecule has 0 saturated heterocycles. The van der Waals surface area contributed by atoms with E-state index in [2.05, 4.69) is 51.7 Å². The average Bonchev–Trinajstić information content (AvgIpc) is 2.56. The van der Waals surface area contributed by atoms with Gasteiger partial charge in [0, 0.05) is 22.2 Å². The zero-order valence-corrected chi connectivity index (χ0v) is 11.6. The minimum Gasteiger partial charge on any atom is -0.358 e. The van der Waals surface area contributed by atoms with Gasteiger partial charge in [-0.05, 0) is 63.4 Å². The van der Waals surface area contributed by atoms with Crippen LogP contribution in [0.5, 0.6) is 0 Å². The highest BCUT2D eigenvalue weighted by Gasteiger charge is 2.13. The molecule has 0 aliphatic heterocycles. The summed E-state index contributed by atoms with van der Waals surface area (Å²) in [4.78, 5) is 8.23. The van der Waals surface area contributed by atoms with Gasteiger partial charge in [0.15, 0.2) is 0 Å². The summed E-state index contributed by atoms with van der Waals surface area (Å²) < 4.78 is 0. The number of nitrogens with zero attached hydrogens (tertiary/aromatic N) is 1. The molecular weight excluding hydrogens is 220 g/mol. The van der Waals surface area contributed by atoms with E-state index in [4.69, 9.17) is 4.98 Å². The Morgan fingerprint density at radius 2 is 1.67 bits per heavy atom. The molecule has 0 spiro atoms. The molecule has 18 heavy (non-hydrogen) atoms. The topological polar surface area (TPSA) is 28.7 Å². The molecule has 2 nitrogen and oxygen atoms in total. The van der Waals surface area contributed by atoms with Crippen molar-refractivity contribution in [1.29, 1.82) is 0 Å². The van der Waals surface area contributed by atoms with Crippen LogP contribution in [-0.4, -0.2) is 9.97 Å². The SMILES string of the molecule is Cc1cc(C)c2c([nH]1)c(C)cc1c(C)c(C)nc12. The van der Waals surface area contributed by atoms with E-state index < -0.39 is 0 Å².